The van der Waals surface area contributed by atoms with E-state index in [2.05, 4.69) is 19.2 Å². The predicted octanol–water partition coefficient (Wildman–Crippen LogP) is 15.1. The molecule has 0 fully saturated rings. The summed E-state index contributed by atoms with van der Waals surface area (Å²) in [5, 5.41) is 2.84. The number of hydrogen-bond donors (Lipinski definition) is 1. The van der Waals surface area contributed by atoms with Crippen LogP contribution in [0.3, 0.4) is 0 Å². The first-order valence-electron chi connectivity index (χ1n) is 27.5. The largest absolute Gasteiger partial charge is 0.464 e. The van der Waals surface area contributed by atoms with Crippen LogP contribution in [0.25, 0.3) is 0 Å². The van der Waals surface area contributed by atoms with E-state index >= 15 is 0 Å². The summed E-state index contributed by atoms with van der Waals surface area (Å²) in [4.78, 5) is 62.5. The molecule has 1 N–H and O–H groups in total. The van der Waals surface area contributed by atoms with E-state index in [-0.39, 0.29) is 6.61 Å². The summed E-state index contributed by atoms with van der Waals surface area (Å²) in [5.74, 6) is -2.92. The Morgan fingerprint density at radius 2 is 0.646 bits per heavy atom. The van der Waals surface area contributed by atoms with Crippen LogP contribution in [0.5, 0.6) is 0 Å². The first-order chi connectivity index (χ1) is 31.5. The SMILES string of the molecule is CCCCCCCCCCCCCCCCCCCCCCCCCCCC(OC(C)=O)C(=O)NC(COC(C)=O)C(OC(C)=O)C(CCCCCCCCCCCCCC)OC(C)=O. The number of carbonyl (C=O) groups is 5. The minimum absolute atomic E-state index is 0.318. The Bertz CT molecular complexity index is 1150. The minimum atomic E-state index is -1.13. The van der Waals surface area contributed by atoms with Crippen LogP contribution < -0.4 is 5.32 Å². The summed E-state index contributed by atoms with van der Waals surface area (Å²) in [6.07, 6.45) is 44.4. The molecule has 0 aromatic carbocycles. The maximum Gasteiger partial charge on any atom is 0.303 e. The fraction of sp³-hybridized carbons (Fsp3) is 0.909. The predicted molar refractivity (Wildman–Crippen MR) is 267 cm³/mol. The van der Waals surface area contributed by atoms with E-state index in [1.807, 2.05) is 0 Å². The Hall–Kier alpha value is -2.65. The first kappa shape index (κ1) is 62.4. The van der Waals surface area contributed by atoms with Crippen molar-refractivity contribution in [2.75, 3.05) is 6.61 Å². The molecule has 10 heteroatoms. The molecule has 10 nitrogen and oxygen atoms in total. The molecule has 0 spiro atoms. The van der Waals surface area contributed by atoms with Gasteiger partial charge < -0.3 is 24.3 Å². The van der Waals surface area contributed by atoms with Crippen LogP contribution in [0, 0.1) is 0 Å². The van der Waals surface area contributed by atoms with Crippen molar-refractivity contribution in [2.45, 2.75) is 316 Å². The fourth-order valence-electron chi connectivity index (χ4n) is 8.91. The van der Waals surface area contributed by atoms with Gasteiger partial charge in [0.25, 0.3) is 5.91 Å². The summed E-state index contributed by atoms with van der Waals surface area (Å²) < 4.78 is 22.2. The van der Waals surface area contributed by atoms with Gasteiger partial charge in [-0.15, -0.1) is 0 Å². The van der Waals surface area contributed by atoms with Gasteiger partial charge in [-0.2, -0.15) is 0 Å². The molecule has 4 unspecified atom stereocenters. The molecule has 0 saturated carbocycles. The smallest absolute Gasteiger partial charge is 0.303 e. The van der Waals surface area contributed by atoms with E-state index < -0.39 is 54.1 Å². The zero-order valence-corrected chi connectivity index (χ0v) is 43.3. The maximum atomic E-state index is 13.7. The fourth-order valence-corrected chi connectivity index (χ4v) is 8.91. The zero-order chi connectivity index (χ0) is 48.0. The van der Waals surface area contributed by atoms with Gasteiger partial charge in [0.05, 0.1) is 0 Å². The number of ether oxygens (including phenoxy) is 4. The highest BCUT2D eigenvalue weighted by Crippen LogP contribution is 2.21. The maximum absolute atomic E-state index is 13.7. The lowest BCUT2D eigenvalue weighted by molar-refractivity contribution is -0.172. The average molecular weight is 922 g/mol. The molecule has 0 saturated heterocycles. The summed E-state index contributed by atoms with van der Waals surface area (Å²) in [6.45, 7) is 9.26. The van der Waals surface area contributed by atoms with Gasteiger partial charge in [0.2, 0.25) is 0 Å². The third kappa shape index (κ3) is 42.4. The summed E-state index contributed by atoms with van der Waals surface area (Å²) >= 11 is 0. The molecule has 0 radical (unpaired) electrons. The molecule has 0 bridgehead atoms. The van der Waals surface area contributed by atoms with Crippen LogP contribution >= 0.6 is 0 Å². The van der Waals surface area contributed by atoms with Gasteiger partial charge in [-0.25, -0.2) is 0 Å². The van der Waals surface area contributed by atoms with Crippen molar-refractivity contribution >= 4 is 29.8 Å². The molecule has 0 aliphatic rings. The molecule has 65 heavy (non-hydrogen) atoms. The van der Waals surface area contributed by atoms with Crippen LogP contribution in [0.4, 0.5) is 0 Å². The number of amides is 1. The van der Waals surface area contributed by atoms with Crippen molar-refractivity contribution in [3.63, 3.8) is 0 Å². The van der Waals surface area contributed by atoms with Gasteiger partial charge in [-0.3, -0.25) is 24.0 Å². The molecule has 0 rings (SSSR count). The van der Waals surface area contributed by atoms with Crippen LogP contribution in [0.2, 0.25) is 0 Å². The molecule has 1 amide bonds. The quantitative estimate of drug-likeness (QED) is 0.0359. The van der Waals surface area contributed by atoms with E-state index in [1.54, 1.807) is 0 Å². The lowest BCUT2D eigenvalue weighted by Crippen LogP contribution is -2.56. The van der Waals surface area contributed by atoms with E-state index in [0.717, 1.165) is 44.9 Å². The highest BCUT2D eigenvalue weighted by atomic mass is 16.6. The molecule has 0 aromatic rings. The lowest BCUT2D eigenvalue weighted by atomic mass is 9.98. The van der Waals surface area contributed by atoms with Crippen molar-refractivity contribution in [3.8, 4) is 0 Å². The minimum Gasteiger partial charge on any atom is -0.464 e. The number of unbranched alkanes of at least 4 members (excludes halogenated alkanes) is 35. The van der Waals surface area contributed by atoms with Crippen LogP contribution in [-0.4, -0.2) is 60.7 Å². The Labute approximate surface area is 399 Å². The van der Waals surface area contributed by atoms with Crippen molar-refractivity contribution in [1.82, 2.24) is 5.32 Å². The van der Waals surface area contributed by atoms with E-state index in [0.29, 0.717) is 19.3 Å². The summed E-state index contributed by atoms with van der Waals surface area (Å²) in [7, 11) is 0. The molecule has 0 aromatic heterocycles. The second kappa shape index (κ2) is 46.5. The summed E-state index contributed by atoms with van der Waals surface area (Å²) in [6, 6.07) is -1.04. The molecule has 0 aliphatic carbocycles. The Morgan fingerprint density at radius 3 is 0.938 bits per heavy atom. The van der Waals surface area contributed by atoms with Gasteiger partial charge in [-0.05, 0) is 25.7 Å². The standard InChI is InChI=1S/C55H103NO9/c1-7-9-11-13-15-17-19-21-22-23-24-25-26-27-28-29-30-31-32-33-35-37-39-41-43-45-53(64-49(5)59)55(61)56-51(46-62-47(3)57)54(65-50(6)60)52(63-48(4)58)44-42-40-38-36-34-20-18-16-14-12-10-8-2/h51-54H,7-46H2,1-6H3,(H,56,61). The normalized spacial score (nSPS) is 13.1. The first-order valence-corrected chi connectivity index (χ1v) is 27.5. The van der Waals surface area contributed by atoms with Crippen molar-refractivity contribution in [1.29, 1.82) is 0 Å². The molecular weight excluding hydrogens is 819 g/mol. The van der Waals surface area contributed by atoms with Gasteiger partial charge >= 0.3 is 23.9 Å². The topological polar surface area (TPSA) is 134 Å². The number of esters is 4. The van der Waals surface area contributed by atoms with Gasteiger partial charge in [0, 0.05) is 27.7 Å². The van der Waals surface area contributed by atoms with Crippen molar-refractivity contribution < 1.29 is 42.9 Å². The lowest BCUT2D eigenvalue weighted by Gasteiger charge is -2.33. The second-order valence-corrected chi connectivity index (χ2v) is 19.2. The molecule has 382 valence electrons. The third-order valence-corrected chi connectivity index (χ3v) is 12.7. The monoisotopic (exact) mass is 922 g/mol. The van der Waals surface area contributed by atoms with Crippen LogP contribution in [0.1, 0.15) is 292 Å². The Kier molecular flexibility index (Phi) is 44.6. The van der Waals surface area contributed by atoms with E-state index in [9.17, 15) is 24.0 Å². The van der Waals surface area contributed by atoms with Crippen molar-refractivity contribution in [3.05, 3.63) is 0 Å². The van der Waals surface area contributed by atoms with Crippen LogP contribution in [0.15, 0.2) is 0 Å². The average Bonchev–Trinajstić information content (AvgIpc) is 3.26. The zero-order valence-electron chi connectivity index (χ0n) is 43.3. The molecule has 4 atom stereocenters. The number of rotatable bonds is 48. The molecule has 0 heterocycles. The number of carbonyl (C=O) groups excluding carboxylic acids is 5. The number of nitrogens with one attached hydrogen (secondary N) is 1. The second-order valence-electron chi connectivity index (χ2n) is 19.2. The van der Waals surface area contributed by atoms with Gasteiger partial charge in [0.15, 0.2) is 12.2 Å². The molecular formula is C55H103NO9. The van der Waals surface area contributed by atoms with Crippen molar-refractivity contribution in [2.24, 2.45) is 0 Å². The van der Waals surface area contributed by atoms with Gasteiger partial charge in [0.1, 0.15) is 18.8 Å². The van der Waals surface area contributed by atoms with E-state index in [1.165, 1.54) is 214 Å². The highest BCUT2D eigenvalue weighted by Gasteiger charge is 2.38. The highest BCUT2D eigenvalue weighted by molar-refractivity contribution is 5.83. The number of hydrogen-bond acceptors (Lipinski definition) is 9. The Morgan fingerprint density at radius 1 is 0.354 bits per heavy atom. The van der Waals surface area contributed by atoms with E-state index in [4.69, 9.17) is 18.9 Å². The van der Waals surface area contributed by atoms with Crippen LogP contribution in [-0.2, 0) is 42.9 Å². The Balaban J connectivity index is 4.67. The summed E-state index contributed by atoms with van der Waals surface area (Å²) in [5.41, 5.74) is 0. The third-order valence-electron chi connectivity index (χ3n) is 12.7. The molecule has 0 aliphatic heterocycles. The van der Waals surface area contributed by atoms with Gasteiger partial charge in [-0.1, -0.05) is 239 Å².